The lowest BCUT2D eigenvalue weighted by molar-refractivity contribution is -0.137. The van der Waals surface area contributed by atoms with Crippen LogP contribution in [0.1, 0.15) is 28.4 Å². The normalized spacial score (nSPS) is 15.8. The first-order chi connectivity index (χ1) is 17.0. The van der Waals surface area contributed by atoms with Gasteiger partial charge in [-0.2, -0.15) is 0 Å². The van der Waals surface area contributed by atoms with Crippen molar-refractivity contribution in [3.63, 3.8) is 0 Å². The van der Waals surface area contributed by atoms with Crippen molar-refractivity contribution in [1.29, 1.82) is 0 Å². The minimum Gasteiger partial charge on any atom is -0.508 e. The molecule has 2 amide bonds. The number of carboxylic acids is 1. The number of β-amino-alcohol motifs (C(OH)–C–C–N with tert-alkyl or cyclic N) is 1. The molecule has 1 heterocycles. The number of nitrogens with one attached hydrogen (secondary N) is 4. The molecular formula is C22H23BrClN5O7. The second-order valence-corrected chi connectivity index (χ2v) is 9.13. The highest BCUT2D eigenvalue weighted by Gasteiger charge is 2.23. The highest BCUT2D eigenvalue weighted by Crippen LogP contribution is 2.36. The number of aromatic hydroxyl groups is 2. The molecule has 14 heteroatoms. The predicted octanol–water partition coefficient (Wildman–Crippen LogP) is 1.31. The van der Waals surface area contributed by atoms with Gasteiger partial charge in [0.1, 0.15) is 11.5 Å². The van der Waals surface area contributed by atoms with E-state index in [0.29, 0.717) is 18.2 Å². The lowest BCUT2D eigenvalue weighted by Crippen LogP contribution is -2.42. The Bertz CT molecular complexity index is 1210. The highest BCUT2D eigenvalue weighted by molar-refractivity contribution is 9.10. The van der Waals surface area contributed by atoms with E-state index < -0.39 is 42.9 Å². The van der Waals surface area contributed by atoms with Gasteiger partial charge >= 0.3 is 5.97 Å². The second-order valence-electron chi connectivity index (χ2n) is 7.84. The summed E-state index contributed by atoms with van der Waals surface area (Å²) in [6.45, 7) is -0.0225. The number of carbonyl (C=O) groups is 3. The third-order valence-corrected chi connectivity index (χ3v) is 5.79. The Hall–Kier alpha value is -3.55. The number of phenolic OH excluding ortho intramolecular Hbond substituents is 2. The van der Waals surface area contributed by atoms with Gasteiger partial charge < -0.3 is 41.7 Å². The maximum atomic E-state index is 12.6. The minimum absolute atomic E-state index is 0.0419. The Morgan fingerprint density at radius 3 is 2.61 bits per heavy atom. The van der Waals surface area contributed by atoms with E-state index in [1.807, 2.05) is 0 Å². The average Bonchev–Trinajstić information content (AvgIpc) is 2.80. The predicted molar refractivity (Wildman–Crippen MR) is 134 cm³/mol. The SMILES string of the molecule is O=C(O)CC(NC(=O)CNC(=O)c1cc(O)cc(NC2=NCC(O)CN2)c1)c1cc(Cl)cc(Br)c1O. The van der Waals surface area contributed by atoms with E-state index in [1.54, 1.807) is 0 Å². The van der Waals surface area contributed by atoms with E-state index in [-0.39, 0.29) is 38.7 Å². The zero-order valence-electron chi connectivity index (χ0n) is 18.6. The number of aliphatic carboxylic acids is 1. The summed E-state index contributed by atoms with van der Waals surface area (Å²) in [4.78, 5) is 40.5. The summed E-state index contributed by atoms with van der Waals surface area (Å²) in [6, 6.07) is 5.62. The molecule has 0 aromatic heterocycles. The fourth-order valence-corrected chi connectivity index (χ4v) is 4.17. The first kappa shape index (κ1) is 27.0. The number of aliphatic hydroxyl groups excluding tert-OH is 1. The van der Waals surface area contributed by atoms with Crippen LogP contribution in [0.2, 0.25) is 5.02 Å². The fraction of sp³-hybridized carbons (Fsp3) is 0.273. The number of nitrogens with zero attached hydrogens (tertiary/aromatic N) is 1. The number of anilines is 1. The Balaban J connectivity index is 1.66. The minimum atomic E-state index is -1.23. The van der Waals surface area contributed by atoms with Gasteiger partial charge in [-0.3, -0.25) is 19.4 Å². The molecule has 0 saturated carbocycles. The molecule has 0 bridgehead atoms. The lowest BCUT2D eigenvalue weighted by atomic mass is 10.0. The van der Waals surface area contributed by atoms with Crippen LogP contribution in [0.15, 0.2) is 39.8 Å². The van der Waals surface area contributed by atoms with Crippen LogP contribution in [0, 0.1) is 0 Å². The lowest BCUT2D eigenvalue weighted by Gasteiger charge is -2.20. The molecule has 0 radical (unpaired) electrons. The number of benzene rings is 2. The molecule has 8 N–H and O–H groups in total. The van der Waals surface area contributed by atoms with Crippen LogP contribution in [0.5, 0.6) is 11.5 Å². The van der Waals surface area contributed by atoms with Crippen molar-refractivity contribution in [2.45, 2.75) is 18.6 Å². The number of halogens is 2. The molecule has 2 unspecified atom stereocenters. The number of hydrogen-bond acceptors (Lipinski definition) is 9. The molecule has 1 aliphatic heterocycles. The molecule has 1 aliphatic rings. The number of hydrogen-bond donors (Lipinski definition) is 8. The van der Waals surface area contributed by atoms with E-state index in [1.165, 1.54) is 30.3 Å². The highest BCUT2D eigenvalue weighted by atomic mass is 79.9. The van der Waals surface area contributed by atoms with Crippen LogP contribution in [-0.4, -0.2) is 69.9 Å². The van der Waals surface area contributed by atoms with Crippen LogP contribution in [-0.2, 0) is 9.59 Å². The summed E-state index contributed by atoms with van der Waals surface area (Å²) in [7, 11) is 0. The molecule has 0 saturated heterocycles. The summed E-state index contributed by atoms with van der Waals surface area (Å²) in [6.07, 6.45) is -1.15. The second kappa shape index (κ2) is 11.9. The Morgan fingerprint density at radius 1 is 1.19 bits per heavy atom. The van der Waals surface area contributed by atoms with Gasteiger partial charge in [-0.05, 0) is 40.2 Å². The molecular weight excluding hydrogens is 562 g/mol. The van der Waals surface area contributed by atoms with Crippen molar-refractivity contribution >= 4 is 57.0 Å². The van der Waals surface area contributed by atoms with Crippen molar-refractivity contribution in [2.24, 2.45) is 4.99 Å². The number of amides is 2. The Labute approximate surface area is 218 Å². The molecule has 2 atom stereocenters. The maximum Gasteiger partial charge on any atom is 0.305 e. The number of guanidine groups is 1. The number of aliphatic imine (C=N–C) groups is 1. The van der Waals surface area contributed by atoms with Gasteiger partial charge in [-0.1, -0.05) is 11.6 Å². The summed E-state index contributed by atoms with van der Waals surface area (Å²) >= 11 is 9.12. The average molecular weight is 585 g/mol. The zero-order chi connectivity index (χ0) is 26.4. The van der Waals surface area contributed by atoms with Crippen molar-refractivity contribution in [3.8, 4) is 11.5 Å². The molecule has 0 spiro atoms. The van der Waals surface area contributed by atoms with E-state index >= 15 is 0 Å². The van der Waals surface area contributed by atoms with Crippen molar-refractivity contribution < 1.29 is 34.8 Å². The van der Waals surface area contributed by atoms with Gasteiger partial charge in [0.15, 0.2) is 5.96 Å². The number of rotatable bonds is 8. The standard InChI is InChI=1S/C22H23BrClN5O7/c23-16-4-11(24)3-15(20(16)35)17(6-19(33)34)29-18(32)9-25-21(36)10-1-12(5-13(30)2-10)28-22-26-7-14(31)8-27-22/h1-5,14,17,30-31,35H,6-9H2,(H,25,36)(H,29,32)(H,33,34)(H2,26,27,28). The first-order valence-electron chi connectivity index (χ1n) is 10.6. The maximum absolute atomic E-state index is 12.6. The van der Waals surface area contributed by atoms with E-state index in [9.17, 15) is 34.8 Å². The molecule has 2 aromatic carbocycles. The summed E-state index contributed by atoms with van der Waals surface area (Å²) < 4.78 is 0.224. The van der Waals surface area contributed by atoms with Gasteiger partial charge in [-0.25, -0.2) is 0 Å². The smallest absolute Gasteiger partial charge is 0.305 e. The molecule has 12 nitrogen and oxygen atoms in total. The molecule has 192 valence electrons. The van der Waals surface area contributed by atoms with Crippen molar-refractivity contribution in [1.82, 2.24) is 16.0 Å². The van der Waals surface area contributed by atoms with Gasteiger partial charge in [0.05, 0.1) is 36.1 Å². The molecule has 0 fully saturated rings. The van der Waals surface area contributed by atoms with E-state index in [2.05, 4.69) is 42.2 Å². The van der Waals surface area contributed by atoms with Gasteiger partial charge in [0, 0.05) is 34.4 Å². The largest absolute Gasteiger partial charge is 0.508 e. The van der Waals surface area contributed by atoms with Gasteiger partial charge in [-0.15, -0.1) is 0 Å². The van der Waals surface area contributed by atoms with Crippen LogP contribution in [0.4, 0.5) is 5.69 Å². The van der Waals surface area contributed by atoms with Crippen LogP contribution in [0.25, 0.3) is 0 Å². The van der Waals surface area contributed by atoms with E-state index in [0.717, 1.165) is 0 Å². The quantitative estimate of drug-likeness (QED) is 0.226. The fourth-order valence-electron chi connectivity index (χ4n) is 3.34. The van der Waals surface area contributed by atoms with Crippen LogP contribution < -0.4 is 21.3 Å². The topological polar surface area (TPSA) is 193 Å². The summed E-state index contributed by atoms with van der Waals surface area (Å²) in [5, 5.41) is 49.8. The number of aliphatic hydroxyl groups is 1. The zero-order valence-corrected chi connectivity index (χ0v) is 20.9. The summed E-state index contributed by atoms with van der Waals surface area (Å²) in [5.41, 5.74) is 0.475. The monoisotopic (exact) mass is 583 g/mol. The molecule has 3 rings (SSSR count). The number of phenols is 2. The third-order valence-electron chi connectivity index (χ3n) is 4.96. The van der Waals surface area contributed by atoms with Crippen molar-refractivity contribution in [2.75, 3.05) is 25.0 Å². The molecule has 0 aliphatic carbocycles. The number of carboxylic acid groups (broad SMARTS) is 1. The molecule has 2 aromatic rings. The van der Waals surface area contributed by atoms with Crippen LogP contribution >= 0.6 is 27.5 Å². The molecule has 36 heavy (non-hydrogen) atoms. The summed E-state index contributed by atoms with van der Waals surface area (Å²) in [5.74, 6) is -2.76. The first-order valence-corrected chi connectivity index (χ1v) is 11.7. The van der Waals surface area contributed by atoms with Gasteiger partial charge in [0.2, 0.25) is 5.91 Å². The van der Waals surface area contributed by atoms with E-state index in [4.69, 9.17) is 11.6 Å². The van der Waals surface area contributed by atoms with Crippen molar-refractivity contribution in [3.05, 3.63) is 51.0 Å². The Morgan fingerprint density at radius 2 is 1.94 bits per heavy atom. The Kier molecular flexibility index (Phi) is 8.96. The van der Waals surface area contributed by atoms with Crippen LogP contribution in [0.3, 0.4) is 0 Å². The van der Waals surface area contributed by atoms with Gasteiger partial charge in [0.25, 0.3) is 5.91 Å². The number of carbonyl (C=O) groups excluding carboxylic acids is 2. The third kappa shape index (κ3) is 7.47.